The molecule has 0 bridgehead atoms. The minimum atomic E-state index is -0.188. The quantitative estimate of drug-likeness (QED) is 0.504. The molecular formula is C12H19N3OS2. The molecule has 1 saturated heterocycles. The Morgan fingerprint density at radius 1 is 1.61 bits per heavy atom. The van der Waals surface area contributed by atoms with E-state index in [2.05, 4.69) is 24.2 Å². The van der Waals surface area contributed by atoms with Crippen molar-refractivity contribution in [2.75, 3.05) is 12.3 Å². The zero-order chi connectivity index (χ0) is 13.1. The monoisotopic (exact) mass is 285 g/mol. The lowest BCUT2D eigenvalue weighted by Gasteiger charge is -2.37. The molecule has 100 valence electrons. The SMILES string of the molecule is CC1SCCN(Cc2ccsc2C(=O)NN)C1C. The number of amides is 1. The topological polar surface area (TPSA) is 58.4 Å². The number of nitrogens with one attached hydrogen (secondary N) is 1. The Morgan fingerprint density at radius 2 is 2.39 bits per heavy atom. The van der Waals surface area contributed by atoms with E-state index in [0.29, 0.717) is 11.3 Å². The van der Waals surface area contributed by atoms with Crippen LogP contribution in [0.25, 0.3) is 0 Å². The van der Waals surface area contributed by atoms with Crippen LogP contribution in [0.1, 0.15) is 29.1 Å². The smallest absolute Gasteiger partial charge is 0.275 e. The van der Waals surface area contributed by atoms with E-state index in [1.807, 2.05) is 23.2 Å². The molecule has 2 atom stereocenters. The first-order valence-electron chi connectivity index (χ1n) is 6.06. The maximum absolute atomic E-state index is 11.6. The van der Waals surface area contributed by atoms with Gasteiger partial charge in [-0.05, 0) is 23.9 Å². The molecule has 3 N–H and O–H groups in total. The Bertz CT molecular complexity index is 421. The van der Waals surface area contributed by atoms with Crippen molar-refractivity contribution in [3.63, 3.8) is 0 Å². The second kappa shape index (κ2) is 6.06. The summed E-state index contributed by atoms with van der Waals surface area (Å²) in [4.78, 5) is 14.8. The first-order valence-corrected chi connectivity index (χ1v) is 7.99. The first kappa shape index (κ1) is 13.9. The van der Waals surface area contributed by atoms with Gasteiger partial charge >= 0.3 is 0 Å². The van der Waals surface area contributed by atoms with Crippen molar-refractivity contribution < 1.29 is 4.79 Å². The van der Waals surface area contributed by atoms with Crippen LogP contribution in [0.2, 0.25) is 0 Å². The third kappa shape index (κ3) is 2.88. The lowest BCUT2D eigenvalue weighted by molar-refractivity contribution is 0.0955. The summed E-state index contributed by atoms with van der Waals surface area (Å²) in [5.74, 6) is 6.18. The summed E-state index contributed by atoms with van der Waals surface area (Å²) in [6.07, 6.45) is 0. The van der Waals surface area contributed by atoms with Gasteiger partial charge in [-0.1, -0.05) is 6.92 Å². The Hall–Kier alpha value is -0.560. The first-order chi connectivity index (χ1) is 8.63. The van der Waals surface area contributed by atoms with E-state index in [1.54, 1.807) is 0 Å². The standard InChI is InChI=1S/C12H19N3OS2/c1-8-9(2)17-6-4-15(8)7-10-3-5-18-11(10)12(16)14-13/h3,5,8-9H,4,6-7,13H2,1-2H3,(H,14,16). The molecule has 2 unspecified atom stereocenters. The van der Waals surface area contributed by atoms with Gasteiger partial charge in [0.15, 0.2) is 0 Å². The molecule has 1 aromatic heterocycles. The number of hydrazine groups is 1. The highest BCUT2D eigenvalue weighted by Gasteiger charge is 2.26. The lowest BCUT2D eigenvalue weighted by Crippen LogP contribution is -2.44. The number of nitrogens with zero attached hydrogens (tertiary/aromatic N) is 1. The molecule has 2 heterocycles. The van der Waals surface area contributed by atoms with E-state index in [0.717, 1.165) is 29.3 Å². The molecule has 1 aliphatic heterocycles. The van der Waals surface area contributed by atoms with Gasteiger partial charge in [-0.2, -0.15) is 11.8 Å². The summed E-state index contributed by atoms with van der Waals surface area (Å²) in [7, 11) is 0. The van der Waals surface area contributed by atoms with E-state index < -0.39 is 0 Å². The average molecular weight is 285 g/mol. The fraction of sp³-hybridized carbons (Fsp3) is 0.583. The normalized spacial score (nSPS) is 25.1. The molecule has 1 fully saturated rings. The zero-order valence-electron chi connectivity index (χ0n) is 10.7. The minimum Gasteiger partial charge on any atom is -0.294 e. The molecule has 0 spiro atoms. The fourth-order valence-electron chi connectivity index (χ4n) is 2.16. The van der Waals surface area contributed by atoms with Crippen molar-refractivity contribution in [3.8, 4) is 0 Å². The maximum atomic E-state index is 11.6. The van der Waals surface area contributed by atoms with Crippen LogP contribution in [-0.2, 0) is 6.54 Å². The molecule has 1 aromatic rings. The van der Waals surface area contributed by atoms with Crippen LogP contribution in [0.5, 0.6) is 0 Å². The van der Waals surface area contributed by atoms with Crippen LogP contribution in [0.3, 0.4) is 0 Å². The Balaban J connectivity index is 2.09. The Kier molecular flexibility index (Phi) is 4.66. The highest BCUT2D eigenvalue weighted by Crippen LogP contribution is 2.27. The van der Waals surface area contributed by atoms with E-state index in [4.69, 9.17) is 5.84 Å². The average Bonchev–Trinajstić information content (AvgIpc) is 2.82. The van der Waals surface area contributed by atoms with E-state index >= 15 is 0 Å². The highest BCUT2D eigenvalue weighted by molar-refractivity contribution is 8.00. The summed E-state index contributed by atoms with van der Waals surface area (Å²) in [5.41, 5.74) is 3.29. The Morgan fingerprint density at radius 3 is 3.11 bits per heavy atom. The minimum absolute atomic E-state index is 0.188. The second-order valence-electron chi connectivity index (χ2n) is 4.54. The zero-order valence-corrected chi connectivity index (χ0v) is 12.3. The molecule has 1 amide bonds. The summed E-state index contributed by atoms with van der Waals surface area (Å²) < 4.78 is 0. The number of hydrogen-bond acceptors (Lipinski definition) is 5. The van der Waals surface area contributed by atoms with E-state index in [9.17, 15) is 4.79 Å². The van der Waals surface area contributed by atoms with Crippen molar-refractivity contribution in [3.05, 3.63) is 21.9 Å². The predicted octanol–water partition coefficient (Wildman–Crippen LogP) is 1.68. The number of nitrogens with two attached hydrogens (primary N) is 1. The third-order valence-electron chi connectivity index (χ3n) is 3.47. The number of nitrogen functional groups attached to an aromatic ring is 1. The number of carbonyl (C=O) groups is 1. The van der Waals surface area contributed by atoms with Crippen LogP contribution in [0.15, 0.2) is 11.4 Å². The number of hydrogen-bond donors (Lipinski definition) is 2. The van der Waals surface area contributed by atoms with Gasteiger partial charge in [0.25, 0.3) is 5.91 Å². The molecular weight excluding hydrogens is 266 g/mol. The summed E-state index contributed by atoms with van der Waals surface area (Å²) in [6.45, 7) is 6.43. The van der Waals surface area contributed by atoms with Crippen LogP contribution in [-0.4, -0.2) is 34.4 Å². The van der Waals surface area contributed by atoms with Crippen LogP contribution < -0.4 is 11.3 Å². The molecule has 0 saturated carbocycles. The van der Waals surface area contributed by atoms with Crippen LogP contribution in [0.4, 0.5) is 0 Å². The van der Waals surface area contributed by atoms with Crippen molar-refractivity contribution in [1.82, 2.24) is 10.3 Å². The molecule has 4 nitrogen and oxygen atoms in total. The van der Waals surface area contributed by atoms with Crippen molar-refractivity contribution >= 4 is 29.0 Å². The molecule has 0 aliphatic carbocycles. The predicted molar refractivity (Wildman–Crippen MR) is 77.8 cm³/mol. The summed E-state index contributed by atoms with van der Waals surface area (Å²) in [5, 5.41) is 2.59. The van der Waals surface area contributed by atoms with Gasteiger partial charge in [0.2, 0.25) is 0 Å². The van der Waals surface area contributed by atoms with Crippen molar-refractivity contribution in [2.24, 2.45) is 5.84 Å². The number of rotatable bonds is 3. The molecule has 1 aliphatic rings. The lowest BCUT2D eigenvalue weighted by atomic mass is 10.1. The molecule has 0 aromatic carbocycles. The summed E-state index contributed by atoms with van der Waals surface area (Å²) in [6, 6.07) is 2.56. The van der Waals surface area contributed by atoms with Gasteiger partial charge in [0.1, 0.15) is 0 Å². The van der Waals surface area contributed by atoms with Gasteiger partial charge in [0, 0.05) is 30.1 Å². The summed E-state index contributed by atoms with van der Waals surface area (Å²) >= 11 is 3.47. The number of carbonyl (C=O) groups excluding carboxylic acids is 1. The van der Waals surface area contributed by atoms with Gasteiger partial charge in [0.05, 0.1) is 4.88 Å². The highest BCUT2D eigenvalue weighted by atomic mass is 32.2. The van der Waals surface area contributed by atoms with E-state index in [1.165, 1.54) is 11.3 Å². The van der Waals surface area contributed by atoms with Gasteiger partial charge in [-0.3, -0.25) is 15.1 Å². The van der Waals surface area contributed by atoms with Crippen LogP contribution in [0, 0.1) is 0 Å². The van der Waals surface area contributed by atoms with Crippen LogP contribution >= 0.6 is 23.1 Å². The fourth-order valence-corrected chi connectivity index (χ4v) is 4.14. The molecule has 6 heteroatoms. The molecule has 0 radical (unpaired) electrons. The largest absolute Gasteiger partial charge is 0.294 e. The second-order valence-corrected chi connectivity index (χ2v) is 6.94. The van der Waals surface area contributed by atoms with Gasteiger partial charge < -0.3 is 0 Å². The molecule has 18 heavy (non-hydrogen) atoms. The van der Waals surface area contributed by atoms with E-state index in [-0.39, 0.29) is 5.91 Å². The van der Waals surface area contributed by atoms with Crippen molar-refractivity contribution in [2.45, 2.75) is 31.7 Å². The van der Waals surface area contributed by atoms with Crippen molar-refractivity contribution in [1.29, 1.82) is 0 Å². The molecule has 2 rings (SSSR count). The van der Waals surface area contributed by atoms with Gasteiger partial charge in [-0.15, -0.1) is 11.3 Å². The number of thiophene rings is 1. The third-order valence-corrected chi connectivity index (χ3v) is 5.77. The Labute approximate surface area is 116 Å². The number of thioether (sulfide) groups is 1. The van der Waals surface area contributed by atoms with Gasteiger partial charge in [-0.25, -0.2) is 5.84 Å². The maximum Gasteiger partial charge on any atom is 0.275 e.